The number of rotatable bonds is 2. The van der Waals surface area contributed by atoms with E-state index in [4.69, 9.17) is 0 Å². The Hall–Kier alpha value is -3.87. The molecule has 3 unspecified atom stereocenters. The van der Waals surface area contributed by atoms with Gasteiger partial charge in [0.05, 0.1) is 6.04 Å². The molecule has 7 rings (SSSR count). The fourth-order valence-corrected chi connectivity index (χ4v) is 9.24. The van der Waals surface area contributed by atoms with E-state index in [1.807, 2.05) is 42.5 Å². The normalized spacial score (nSPS) is 21.9. The Balaban J connectivity index is 1.62. The lowest BCUT2D eigenvalue weighted by atomic mass is 9.84. The summed E-state index contributed by atoms with van der Waals surface area (Å²) in [6.07, 6.45) is 0. The molecule has 0 aliphatic carbocycles. The molecule has 0 amide bonds. The Morgan fingerprint density at radius 2 is 1.03 bits per heavy atom. The van der Waals surface area contributed by atoms with Crippen LogP contribution in [0, 0.1) is 0 Å². The number of nitrogens with zero attached hydrogens (tertiary/aromatic N) is 1. The third kappa shape index (κ3) is 2.87. The fourth-order valence-electron chi connectivity index (χ4n) is 6.09. The molecule has 0 saturated heterocycles. The van der Waals surface area contributed by atoms with Crippen molar-refractivity contribution in [2.24, 2.45) is 0 Å². The van der Waals surface area contributed by atoms with Crippen LogP contribution in [0.4, 0.5) is 11.4 Å². The van der Waals surface area contributed by atoms with Crippen molar-refractivity contribution in [1.29, 1.82) is 0 Å². The van der Waals surface area contributed by atoms with Gasteiger partial charge in [0.25, 0.3) is 0 Å². The molecule has 2 aliphatic heterocycles. The first-order valence-corrected chi connectivity index (χ1v) is 13.8. The topological polar surface area (TPSA) is 20.3 Å². The number of hydrogen-bond acceptors (Lipinski definition) is 2. The third-order valence-electron chi connectivity index (χ3n) is 7.49. The molecule has 5 aromatic carbocycles. The van der Waals surface area contributed by atoms with Gasteiger partial charge in [0, 0.05) is 33.2 Å². The number of para-hydroxylation sites is 2. The van der Waals surface area contributed by atoms with Gasteiger partial charge in [-0.25, -0.2) is 0 Å². The molecule has 2 aliphatic rings. The van der Waals surface area contributed by atoms with E-state index >= 15 is 4.57 Å². The molecule has 0 spiro atoms. The number of benzene rings is 5. The second-order valence-corrected chi connectivity index (χ2v) is 11.9. The van der Waals surface area contributed by atoms with Crippen molar-refractivity contribution < 1.29 is 4.57 Å². The van der Waals surface area contributed by atoms with Crippen LogP contribution in [-0.2, 0) is 4.57 Å². The van der Waals surface area contributed by atoms with Crippen LogP contribution in [0.25, 0.3) is 0 Å². The first-order valence-electron chi connectivity index (χ1n) is 12.1. The maximum absolute atomic E-state index is 15.5. The van der Waals surface area contributed by atoms with E-state index in [1.165, 1.54) is 11.3 Å². The van der Waals surface area contributed by atoms with Crippen LogP contribution in [-0.4, -0.2) is 0 Å². The predicted octanol–water partition coefficient (Wildman–Crippen LogP) is 6.66. The number of anilines is 2. The molecule has 0 bridgehead atoms. The van der Waals surface area contributed by atoms with Gasteiger partial charge in [-0.2, -0.15) is 0 Å². The zero-order chi connectivity index (χ0) is 23.4. The molecule has 0 aromatic heterocycles. The van der Waals surface area contributed by atoms with Crippen molar-refractivity contribution in [2.45, 2.75) is 12.0 Å². The van der Waals surface area contributed by atoms with Crippen molar-refractivity contribution >= 4 is 34.4 Å². The molecule has 5 aromatic rings. The molecular weight excluding hydrogens is 445 g/mol. The predicted molar refractivity (Wildman–Crippen MR) is 145 cm³/mol. The highest BCUT2D eigenvalue weighted by molar-refractivity contribution is 7.85. The van der Waals surface area contributed by atoms with Gasteiger partial charge in [-0.3, -0.25) is 0 Å². The summed E-state index contributed by atoms with van der Waals surface area (Å²) in [6.45, 7) is 0. The Morgan fingerprint density at radius 1 is 0.514 bits per heavy atom. The fraction of sp³-hybridized carbons (Fsp3) is 0.0625. The Labute approximate surface area is 205 Å². The Kier molecular flexibility index (Phi) is 4.59. The number of fused-ring (bicyclic) bond motifs is 7. The molecule has 0 N–H and O–H groups in total. The average Bonchev–Trinajstić information content (AvgIpc) is 3.24. The van der Waals surface area contributed by atoms with Crippen LogP contribution >= 0.6 is 7.14 Å². The Bertz CT molecular complexity index is 1590. The zero-order valence-electron chi connectivity index (χ0n) is 19.2. The van der Waals surface area contributed by atoms with Crippen LogP contribution in [0.3, 0.4) is 0 Å². The standard InChI is InChI=1S/C32H24NOP/c34-35(24-15-5-2-6-16-24)29-21-11-8-18-26(29)31-25-17-7-10-20-28(25)33(23-13-3-1-4-14-23)32(31)27-19-9-12-22-30(27)35/h1-22,31-32H. The summed E-state index contributed by atoms with van der Waals surface area (Å²) in [4.78, 5) is 2.45. The molecule has 0 fully saturated rings. The summed E-state index contributed by atoms with van der Waals surface area (Å²) in [5.41, 5.74) is 5.95. The summed E-state index contributed by atoms with van der Waals surface area (Å²) in [5, 5.41) is 2.79. The SMILES string of the molecule is O=P1(c2ccccc2)c2ccccc2C2c3ccccc3N(c3ccccc3)C2c2ccccc21. The highest BCUT2D eigenvalue weighted by Gasteiger charge is 2.49. The maximum Gasteiger partial charge on any atom is 0.171 e. The molecule has 35 heavy (non-hydrogen) atoms. The lowest BCUT2D eigenvalue weighted by molar-refractivity contribution is 0.592. The Morgan fingerprint density at radius 3 is 1.74 bits per heavy atom. The summed E-state index contributed by atoms with van der Waals surface area (Å²) in [7, 11) is -3.10. The van der Waals surface area contributed by atoms with E-state index in [0.717, 1.165) is 32.7 Å². The number of hydrogen-bond donors (Lipinski definition) is 0. The monoisotopic (exact) mass is 469 g/mol. The van der Waals surface area contributed by atoms with E-state index in [0.29, 0.717) is 0 Å². The highest BCUT2D eigenvalue weighted by atomic mass is 31.2. The van der Waals surface area contributed by atoms with E-state index in [9.17, 15) is 0 Å². The van der Waals surface area contributed by atoms with Gasteiger partial charge in [0.15, 0.2) is 7.14 Å². The van der Waals surface area contributed by atoms with Gasteiger partial charge < -0.3 is 9.46 Å². The second kappa shape index (κ2) is 7.83. The van der Waals surface area contributed by atoms with Gasteiger partial charge >= 0.3 is 0 Å². The van der Waals surface area contributed by atoms with Crippen LogP contribution in [0.5, 0.6) is 0 Å². The van der Waals surface area contributed by atoms with Gasteiger partial charge in [-0.05, 0) is 34.9 Å². The van der Waals surface area contributed by atoms with Crippen molar-refractivity contribution in [3.8, 4) is 0 Å². The quantitative estimate of drug-likeness (QED) is 0.269. The van der Waals surface area contributed by atoms with Crippen LogP contribution in [0.2, 0.25) is 0 Å². The third-order valence-corrected chi connectivity index (χ3v) is 10.7. The summed E-state index contributed by atoms with van der Waals surface area (Å²) >= 11 is 0. The van der Waals surface area contributed by atoms with Gasteiger partial charge in [-0.1, -0.05) is 115 Å². The average molecular weight is 470 g/mol. The zero-order valence-corrected chi connectivity index (χ0v) is 20.1. The molecule has 2 heterocycles. The van der Waals surface area contributed by atoms with Crippen molar-refractivity contribution in [3.63, 3.8) is 0 Å². The van der Waals surface area contributed by atoms with Crippen molar-refractivity contribution in [2.75, 3.05) is 4.90 Å². The summed E-state index contributed by atoms with van der Waals surface area (Å²) < 4.78 is 15.5. The molecule has 0 radical (unpaired) electrons. The lowest BCUT2D eigenvalue weighted by Gasteiger charge is -2.31. The van der Waals surface area contributed by atoms with Crippen molar-refractivity contribution in [1.82, 2.24) is 0 Å². The molecule has 168 valence electrons. The largest absolute Gasteiger partial charge is 0.333 e. The van der Waals surface area contributed by atoms with Gasteiger partial charge in [-0.15, -0.1) is 0 Å². The first kappa shape index (κ1) is 20.5. The summed E-state index contributed by atoms with van der Waals surface area (Å²) in [6, 6.07) is 46.2. The van der Waals surface area contributed by atoms with Crippen LogP contribution in [0.15, 0.2) is 133 Å². The van der Waals surface area contributed by atoms with Crippen molar-refractivity contribution in [3.05, 3.63) is 150 Å². The molecular formula is C32H24NOP. The molecule has 0 saturated carbocycles. The minimum Gasteiger partial charge on any atom is -0.333 e. The van der Waals surface area contributed by atoms with E-state index < -0.39 is 7.14 Å². The van der Waals surface area contributed by atoms with Gasteiger partial charge in [0.1, 0.15) is 0 Å². The molecule has 2 nitrogen and oxygen atoms in total. The van der Waals surface area contributed by atoms with Crippen LogP contribution < -0.4 is 20.8 Å². The summed E-state index contributed by atoms with van der Waals surface area (Å²) in [5.74, 6) is 0.0725. The van der Waals surface area contributed by atoms with E-state index in [-0.39, 0.29) is 12.0 Å². The minimum atomic E-state index is -3.10. The maximum atomic E-state index is 15.5. The van der Waals surface area contributed by atoms with E-state index in [1.54, 1.807) is 0 Å². The van der Waals surface area contributed by atoms with Crippen LogP contribution in [0.1, 0.15) is 28.7 Å². The second-order valence-electron chi connectivity index (χ2n) is 9.25. The van der Waals surface area contributed by atoms with E-state index in [2.05, 4.69) is 95.9 Å². The smallest absolute Gasteiger partial charge is 0.171 e. The first-order chi connectivity index (χ1) is 17.3. The van der Waals surface area contributed by atoms with Gasteiger partial charge in [0.2, 0.25) is 0 Å². The molecule has 3 atom stereocenters. The molecule has 3 heteroatoms. The minimum absolute atomic E-state index is 0.00619. The lowest BCUT2D eigenvalue weighted by Crippen LogP contribution is -2.29. The highest BCUT2D eigenvalue weighted by Crippen LogP contribution is 2.60.